The standard InChI is InChI=1S/C18H14Cl2N2OS2/c1-11(25-13-5-3-2-4-6-13)17(23)22-18-21-16(10-24-18)12-7-8-14(19)15(20)9-12/h2-11H,1H3,(H,21,22,23). The van der Waals surface area contributed by atoms with Crippen molar-refractivity contribution in [3.63, 3.8) is 0 Å². The van der Waals surface area contributed by atoms with E-state index in [0.29, 0.717) is 15.2 Å². The maximum absolute atomic E-state index is 12.4. The van der Waals surface area contributed by atoms with Crippen LogP contribution < -0.4 is 5.32 Å². The van der Waals surface area contributed by atoms with Gasteiger partial charge < -0.3 is 5.32 Å². The summed E-state index contributed by atoms with van der Waals surface area (Å²) in [6.45, 7) is 1.88. The number of thioether (sulfide) groups is 1. The van der Waals surface area contributed by atoms with Crippen molar-refractivity contribution in [3.05, 3.63) is 64.0 Å². The van der Waals surface area contributed by atoms with Crippen LogP contribution in [0.4, 0.5) is 5.13 Å². The summed E-state index contributed by atoms with van der Waals surface area (Å²) in [5.74, 6) is -0.0797. The molecule has 0 aliphatic carbocycles. The molecule has 7 heteroatoms. The predicted molar refractivity (Wildman–Crippen MR) is 108 cm³/mol. The Morgan fingerprint density at radius 1 is 1.16 bits per heavy atom. The van der Waals surface area contributed by atoms with Gasteiger partial charge in [0.2, 0.25) is 5.91 Å². The molecule has 1 aromatic heterocycles. The molecule has 0 aliphatic rings. The first kappa shape index (κ1) is 18.3. The van der Waals surface area contributed by atoms with Crippen LogP contribution in [0.25, 0.3) is 11.3 Å². The van der Waals surface area contributed by atoms with Gasteiger partial charge in [0.05, 0.1) is 21.0 Å². The van der Waals surface area contributed by atoms with Gasteiger partial charge in [-0.3, -0.25) is 4.79 Å². The third-order valence-corrected chi connectivity index (χ3v) is 5.98. The zero-order chi connectivity index (χ0) is 17.8. The molecule has 0 spiro atoms. The van der Waals surface area contributed by atoms with E-state index in [1.807, 2.05) is 48.7 Å². The second-order valence-electron chi connectivity index (χ2n) is 5.23. The van der Waals surface area contributed by atoms with Crippen molar-refractivity contribution in [2.45, 2.75) is 17.1 Å². The largest absolute Gasteiger partial charge is 0.301 e. The fourth-order valence-electron chi connectivity index (χ4n) is 2.08. The van der Waals surface area contributed by atoms with Gasteiger partial charge in [0.1, 0.15) is 0 Å². The van der Waals surface area contributed by atoms with Crippen LogP contribution in [0.15, 0.2) is 58.8 Å². The maximum atomic E-state index is 12.4. The molecule has 0 saturated heterocycles. The lowest BCUT2D eigenvalue weighted by atomic mass is 10.2. The summed E-state index contributed by atoms with van der Waals surface area (Å²) < 4.78 is 0. The molecule has 3 aromatic rings. The molecule has 0 fully saturated rings. The molecule has 0 radical (unpaired) electrons. The number of carbonyl (C=O) groups excluding carboxylic acids is 1. The third kappa shape index (κ3) is 4.76. The van der Waals surface area contributed by atoms with E-state index < -0.39 is 0 Å². The van der Waals surface area contributed by atoms with Gasteiger partial charge in [-0.2, -0.15) is 0 Å². The summed E-state index contributed by atoms with van der Waals surface area (Å²) in [6.07, 6.45) is 0. The average Bonchev–Trinajstić information content (AvgIpc) is 3.06. The maximum Gasteiger partial charge on any atom is 0.239 e. The number of benzene rings is 2. The first-order chi connectivity index (χ1) is 12.0. The predicted octanol–water partition coefficient (Wildman–Crippen LogP) is 6.24. The first-order valence-corrected chi connectivity index (χ1v) is 9.98. The van der Waals surface area contributed by atoms with E-state index in [9.17, 15) is 4.79 Å². The number of amides is 1. The Labute approximate surface area is 164 Å². The number of hydrogen-bond acceptors (Lipinski definition) is 4. The van der Waals surface area contributed by atoms with E-state index in [4.69, 9.17) is 23.2 Å². The lowest BCUT2D eigenvalue weighted by molar-refractivity contribution is -0.115. The summed E-state index contributed by atoms with van der Waals surface area (Å²) in [6, 6.07) is 15.2. The number of nitrogens with one attached hydrogen (secondary N) is 1. The molecule has 3 rings (SSSR count). The van der Waals surface area contributed by atoms with Gasteiger partial charge >= 0.3 is 0 Å². The third-order valence-electron chi connectivity index (χ3n) is 3.37. The molecular formula is C18H14Cl2N2OS2. The van der Waals surface area contributed by atoms with Crippen molar-refractivity contribution in [1.29, 1.82) is 0 Å². The van der Waals surface area contributed by atoms with E-state index >= 15 is 0 Å². The average molecular weight is 409 g/mol. The van der Waals surface area contributed by atoms with Crippen LogP contribution in [0, 0.1) is 0 Å². The lowest BCUT2D eigenvalue weighted by Gasteiger charge is -2.10. The van der Waals surface area contributed by atoms with Crippen LogP contribution >= 0.6 is 46.3 Å². The molecule has 128 valence electrons. The summed E-state index contributed by atoms with van der Waals surface area (Å²) in [5, 5.41) is 6.06. The molecular weight excluding hydrogens is 395 g/mol. The topological polar surface area (TPSA) is 42.0 Å². The molecule has 3 nitrogen and oxygen atoms in total. The minimum atomic E-state index is -0.222. The normalized spacial score (nSPS) is 12.0. The molecule has 0 saturated carbocycles. The molecule has 0 aliphatic heterocycles. The molecule has 1 unspecified atom stereocenters. The monoisotopic (exact) mass is 408 g/mol. The molecule has 1 N–H and O–H groups in total. The molecule has 0 bridgehead atoms. The number of aromatic nitrogens is 1. The van der Waals surface area contributed by atoms with Crippen molar-refractivity contribution >= 4 is 57.3 Å². The van der Waals surface area contributed by atoms with E-state index in [1.54, 1.807) is 12.1 Å². The number of nitrogens with zero attached hydrogens (tertiary/aromatic N) is 1. The van der Waals surface area contributed by atoms with E-state index in [-0.39, 0.29) is 11.2 Å². The van der Waals surface area contributed by atoms with Gasteiger partial charge in [0, 0.05) is 15.8 Å². The summed E-state index contributed by atoms with van der Waals surface area (Å²) in [7, 11) is 0. The number of carbonyl (C=O) groups is 1. The van der Waals surface area contributed by atoms with Gasteiger partial charge in [0.15, 0.2) is 5.13 Å². The Morgan fingerprint density at radius 2 is 1.92 bits per heavy atom. The van der Waals surface area contributed by atoms with E-state index in [2.05, 4.69) is 10.3 Å². The quantitative estimate of drug-likeness (QED) is 0.508. The van der Waals surface area contributed by atoms with E-state index in [1.165, 1.54) is 23.1 Å². The van der Waals surface area contributed by atoms with Crippen LogP contribution in [0.5, 0.6) is 0 Å². The summed E-state index contributed by atoms with van der Waals surface area (Å²) in [4.78, 5) is 17.9. The highest BCUT2D eigenvalue weighted by molar-refractivity contribution is 8.00. The first-order valence-electron chi connectivity index (χ1n) is 7.46. The van der Waals surface area contributed by atoms with Crippen LogP contribution in [0.1, 0.15) is 6.92 Å². The summed E-state index contributed by atoms with van der Waals surface area (Å²) >= 11 is 14.9. The van der Waals surface area contributed by atoms with Crippen LogP contribution in [-0.2, 0) is 4.79 Å². The van der Waals surface area contributed by atoms with Gasteiger partial charge in [-0.15, -0.1) is 23.1 Å². The Kier molecular flexibility index (Phi) is 6.02. The molecule has 1 amide bonds. The molecule has 1 atom stereocenters. The number of hydrogen-bond donors (Lipinski definition) is 1. The Morgan fingerprint density at radius 3 is 2.64 bits per heavy atom. The smallest absolute Gasteiger partial charge is 0.239 e. The van der Waals surface area contributed by atoms with Gasteiger partial charge in [-0.05, 0) is 31.2 Å². The van der Waals surface area contributed by atoms with Crippen LogP contribution in [0.2, 0.25) is 10.0 Å². The van der Waals surface area contributed by atoms with Crippen molar-refractivity contribution in [1.82, 2.24) is 4.98 Å². The highest BCUT2D eigenvalue weighted by atomic mass is 35.5. The zero-order valence-corrected chi connectivity index (χ0v) is 16.3. The molecule has 1 heterocycles. The van der Waals surface area contributed by atoms with Crippen molar-refractivity contribution in [3.8, 4) is 11.3 Å². The number of thiazole rings is 1. The SMILES string of the molecule is CC(Sc1ccccc1)C(=O)Nc1nc(-c2ccc(Cl)c(Cl)c2)cs1. The second-order valence-corrected chi connectivity index (χ2v) is 8.32. The number of anilines is 1. The molecule has 25 heavy (non-hydrogen) atoms. The van der Waals surface area contributed by atoms with Crippen molar-refractivity contribution < 1.29 is 4.79 Å². The second kappa shape index (κ2) is 8.23. The minimum absolute atomic E-state index is 0.0797. The number of rotatable bonds is 5. The fraction of sp³-hybridized carbons (Fsp3) is 0.111. The highest BCUT2D eigenvalue weighted by Gasteiger charge is 2.16. The van der Waals surface area contributed by atoms with Crippen LogP contribution in [0.3, 0.4) is 0 Å². The van der Waals surface area contributed by atoms with Gasteiger partial charge in [-0.1, -0.05) is 47.5 Å². The Hall–Kier alpha value is -1.53. The van der Waals surface area contributed by atoms with E-state index in [0.717, 1.165) is 16.2 Å². The summed E-state index contributed by atoms with van der Waals surface area (Å²) in [5.41, 5.74) is 1.61. The Bertz CT molecular complexity index is 884. The van der Waals surface area contributed by atoms with Crippen molar-refractivity contribution in [2.24, 2.45) is 0 Å². The minimum Gasteiger partial charge on any atom is -0.301 e. The zero-order valence-electron chi connectivity index (χ0n) is 13.2. The van der Waals surface area contributed by atoms with Gasteiger partial charge in [0.25, 0.3) is 0 Å². The Balaban J connectivity index is 1.66. The van der Waals surface area contributed by atoms with Crippen molar-refractivity contribution in [2.75, 3.05) is 5.32 Å². The number of halogens is 2. The van der Waals surface area contributed by atoms with Crippen LogP contribution in [-0.4, -0.2) is 16.1 Å². The highest BCUT2D eigenvalue weighted by Crippen LogP contribution is 2.31. The van der Waals surface area contributed by atoms with Gasteiger partial charge in [-0.25, -0.2) is 4.98 Å². The lowest BCUT2D eigenvalue weighted by Crippen LogP contribution is -2.22. The molecule has 2 aromatic carbocycles. The fourth-order valence-corrected chi connectivity index (χ4v) is 3.99.